The lowest BCUT2D eigenvalue weighted by Crippen LogP contribution is -2.29. The van der Waals surface area contributed by atoms with Gasteiger partial charge in [0.2, 0.25) is 0 Å². The standard InChI is InChI=1S/C22H18ClN3OS/c1-27-18-12-6-15(7-13-18)14-26-22(28)24-20-5-3-2-4-19(20)21(25-26)16-8-10-17(23)11-9-16/h2-13H,14H2,1H3,(H,24,28). The number of benzene rings is 3. The van der Waals surface area contributed by atoms with Crippen molar-refractivity contribution in [2.75, 3.05) is 12.4 Å². The van der Waals surface area contributed by atoms with Gasteiger partial charge < -0.3 is 10.1 Å². The minimum Gasteiger partial charge on any atom is -0.497 e. The van der Waals surface area contributed by atoms with Gasteiger partial charge in [-0.25, -0.2) is 5.01 Å². The molecule has 0 fully saturated rings. The maximum atomic E-state index is 6.07. The Kier molecular flexibility index (Phi) is 5.28. The predicted octanol–water partition coefficient (Wildman–Crippen LogP) is 5.31. The van der Waals surface area contributed by atoms with E-state index in [4.69, 9.17) is 33.7 Å². The van der Waals surface area contributed by atoms with E-state index in [0.29, 0.717) is 16.7 Å². The van der Waals surface area contributed by atoms with Gasteiger partial charge in [-0.15, -0.1) is 0 Å². The van der Waals surface area contributed by atoms with Crippen LogP contribution in [0, 0.1) is 0 Å². The lowest BCUT2D eigenvalue weighted by atomic mass is 10.0. The smallest absolute Gasteiger partial charge is 0.194 e. The summed E-state index contributed by atoms with van der Waals surface area (Å²) in [7, 11) is 1.66. The van der Waals surface area contributed by atoms with E-state index in [1.165, 1.54) is 0 Å². The molecule has 0 spiro atoms. The number of nitrogens with zero attached hydrogens (tertiary/aromatic N) is 2. The van der Waals surface area contributed by atoms with Crippen molar-refractivity contribution < 1.29 is 4.74 Å². The SMILES string of the molecule is COc1ccc(CN2N=C(c3ccc(Cl)cc3)c3ccccc3NC2=S)cc1. The highest BCUT2D eigenvalue weighted by Crippen LogP contribution is 2.26. The molecule has 0 amide bonds. The van der Waals surface area contributed by atoms with Gasteiger partial charge in [0.05, 0.1) is 13.7 Å². The van der Waals surface area contributed by atoms with E-state index in [1.807, 2.05) is 72.8 Å². The van der Waals surface area contributed by atoms with E-state index in [1.54, 1.807) is 12.1 Å². The average molecular weight is 408 g/mol. The Morgan fingerprint density at radius 3 is 2.43 bits per heavy atom. The van der Waals surface area contributed by atoms with E-state index in [0.717, 1.165) is 33.8 Å². The molecular weight excluding hydrogens is 390 g/mol. The molecule has 0 saturated carbocycles. The Morgan fingerprint density at radius 2 is 1.71 bits per heavy atom. The quantitative estimate of drug-likeness (QED) is 0.594. The summed E-state index contributed by atoms with van der Waals surface area (Å²) < 4.78 is 5.24. The number of fused-ring (bicyclic) bond motifs is 1. The van der Waals surface area contributed by atoms with Crippen molar-refractivity contribution in [2.24, 2.45) is 5.10 Å². The number of thiocarbonyl (C=S) groups is 1. The Morgan fingerprint density at radius 1 is 1.00 bits per heavy atom. The lowest BCUT2D eigenvalue weighted by Gasteiger charge is -2.19. The number of hydrogen-bond donors (Lipinski definition) is 1. The second-order valence-corrected chi connectivity index (χ2v) is 7.16. The van der Waals surface area contributed by atoms with Crippen LogP contribution in [0.3, 0.4) is 0 Å². The van der Waals surface area contributed by atoms with E-state index in [9.17, 15) is 0 Å². The van der Waals surface area contributed by atoms with Crippen molar-refractivity contribution in [3.05, 3.63) is 94.5 Å². The summed E-state index contributed by atoms with van der Waals surface area (Å²) in [5, 5.41) is 11.3. The zero-order chi connectivity index (χ0) is 19.5. The first kappa shape index (κ1) is 18.5. The van der Waals surface area contributed by atoms with Gasteiger partial charge in [0.25, 0.3) is 0 Å². The molecule has 4 rings (SSSR count). The molecule has 6 heteroatoms. The van der Waals surface area contributed by atoms with Gasteiger partial charge in [-0.1, -0.05) is 54.1 Å². The molecule has 28 heavy (non-hydrogen) atoms. The molecule has 1 heterocycles. The van der Waals surface area contributed by atoms with Gasteiger partial charge in [0.15, 0.2) is 5.11 Å². The molecular formula is C22H18ClN3OS. The highest BCUT2D eigenvalue weighted by molar-refractivity contribution is 7.80. The number of anilines is 1. The highest BCUT2D eigenvalue weighted by Gasteiger charge is 2.21. The zero-order valence-corrected chi connectivity index (χ0v) is 16.8. The zero-order valence-electron chi connectivity index (χ0n) is 15.2. The van der Waals surface area contributed by atoms with Crippen LogP contribution in [0.1, 0.15) is 16.7 Å². The van der Waals surface area contributed by atoms with Crippen LogP contribution in [0.5, 0.6) is 5.75 Å². The molecule has 1 aliphatic heterocycles. The molecule has 0 bridgehead atoms. The largest absolute Gasteiger partial charge is 0.497 e. The number of halogens is 1. The Hall–Kier alpha value is -2.89. The summed E-state index contributed by atoms with van der Waals surface area (Å²) in [5.41, 5.74) is 4.81. The summed E-state index contributed by atoms with van der Waals surface area (Å²) in [6, 6.07) is 23.6. The first-order valence-electron chi connectivity index (χ1n) is 8.79. The Bertz CT molecular complexity index is 1030. The molecule has 0 atom stereocenters. The fourth-order valence-corrected chi connectivity index (χ4v) is 3.37. The molecule has 4 nitrogen and oxygen atoms in total. The first-order valence-corrected chi connectivity index (χ1v) is 9.58. The van der Waals surface area contributed by atoms with E-state index in [-0.39, 0.29) is 0 Å². The van der Waals surface area contributed by atoms with E-state index < -0.39 is 0 Å². The first-order chi connectivity index (χ1) is 13.6. The Labute approximate surface area is 174 Å². The molecule has 0 unspecified atom stereocenters. The van der Waals surface area contributed by atoms with Crippen LogP contribution in [-0.2, 0) is 6.54 Å². The normalized spacial score (nSPS) is 13.3. The third kappa shape index (κ3) is 3.86. The van der Waals surface area contributed by atoms with E-state index >= 15 is 0 Å². The fraction of sp³-hybridized carbons (Fsp3) is 0.0909. The van der Waals surface area contributed by atoms with Gasteiger partial charge >= 0.3 is 0 Å². The lowest BCUT2D eigenvalue weighted by molar-refractivity contribution is 0.413. The van der Waals surface area contributed by atoms with Crippen LogP contribution in [0.15, 0.2) is 77.9 Å². The number of hydrazone groups is 1. The summed E-state index contributed by atoms with van der Waals surface area (Å²) in [4.78, 5) is 0. The van der Waals surface area contributed by atoms with Crippen molar-refractivity contribution in [1.29, 1.82) is 0 Å². The summed E-state index contributed by atoms with van der Waals surface area (Å²) in [5.74, 6) is 0.818. The molecule has 3 aromatic rings. The minimum absolute atomic E-state index is 0.543. The van der Waals surface area contributed by atoms with Crippen LogP contribution in [0.2, 0.25) is 5.02 Å². The number of methoxy groups -OCH3 is 1. The van der Waals surface area contributed by atoms with Gasteiger partial charge in [0.1, 0.15) is 11.5 Å². The highest BCUT2D eigenvalue weighted by atomic mass is 35.5. The minimum atomic E-state index is 0.543. The number of ether oxygens (including phenoxy) is 1. The second-order valence-electron chi connectivity index (χ2n) is 6.34. The van der Waals surface area contributed by atoms with Crippen LogP contribution in [-0.4, -0.2) is 22.9 Å². The molecule has 1 N–H and O–H groups in total. The molecule has 0 aromatic heterocycles. The Balaban J connectivity index is 1.75. The number of rotatable bonds is 4. The maximum absolute atomic E-state index is 6.07. The van der Waals surface area contributed by atoms with E-state index in [2.05, 4.69) is 5.32 Å². The van der Waals surface area contributed by atoms with Crippen LogP contribution < -0.4 is 10.1 Å². The van der Waals surface area contributed by atoms with Crippen LogP contribution in [0.25, 0.3) is 0 Å². The summed E-state index contributed by atoms with van der Waals surface area (Å²) in [6.45, 7) is 0.543. The molecule has 0 saturated heterocycles. The summed E-state index contributed by atoms with van der Waals surface area (Å²) in [6.07, 6.45) is 0. The van der Waals surface area contributed by atoms with Gasteiger partial charge in [-0.05, 0) is 48.1 Å². The monoisotopic (exact) mass is 407 g/mol. The maximum Gasteiger partial charge on any atom is 0.194 e. The number of para-hydroxylation sites is 1. The summed E-state index contributed by atoms with van der Waals surface area (Å²) >= 11 is 11.7. The van der Waals surface area contributed by atoms with Crippen LogP contribution in [0.4, 0.5) is 5.69 Å². The third-order valence-corrected chi connectivity index (χ3v) is 5.05. The molecule has 1 aliphatic rings. The van der Waals surface area contributed by atoms with Gasteiger partial charge in [-0.3, -0.25) is 0 Å². The van der Waals surface area contributed by atoms with Crippen molar-refractivity contribution >= 4 is 40.3 Å². The van der Waals surface area contributed by atoms with Crippen molar-refractivity contribution in [2.45, 2.75) is 6.54 Å². The van der Waals surface area contributed by atoms with Gasteiger partial charge in [0, 0.05) is 21.8 Å². The molecule has 140 valence electrons. The fourth-order valence-electron chi connectivity index (χ4n) is 3.03. The number of nitrogens with one attached hydrogen (secondary N) is 1. The predicted molar refractivity (Wildman–Crippen MR) is 118 cm³/mol. The van der Waals surface area contributed by atoms with Crippen molar-refractivity contribution in [1.82, 2.24) is 5.01 Å². The number of hydrogen-bond acceptors (Lipinski definition) is 3. The third-order valence-electron chi connectivity index (χ3n) is 4.49. The van der Waals surface area contributed by atoms with Crippen molar-refractivity contribution in [3.8, 4) is 5.75 Å². The van der Waals surface area contributed by atoms with Crippen LogP contribution >= 0.6 is 23.8 Å². The molecule has 0 radical (unpaired) electrons. The molecule has 0 aliphatic carbocycles. The molecule has 3 aromatic carbocycles. The topological polar surface area (TPSA) is 36.9 Å². The van der Waals surface area contributed by atoms with Gasteiger partial charge in [-0.2, -0.15) is 5.10 Å². The second kappa shape index (κ2) is 8.00. The van der Waals surface area contributed by atoms with Crippen molar-refractivity contribution in [3.63, 3.8) is 0 Å². The average Bonchev–Trinajstić information content (AvgIpc) is 2.86.